The fourth-order valence-electron chi connectivity index (χ4n) is 1.99. The zero-order valence-corrected chi connectivity index (χ0v) is 12.5. The normalized spacial score (nSPS) is 18.6. The molecule has 0 aromatic heterocycles. The Morgan fingerprint density at radius 3 is 2.80 bits per heavy atom. The van der Waals surface area contributed by atoms with Crippen LogP contribution in [0.5, 0.6) is 0 Å². The molecular formula is C13H15Cl2N3O2. The van der Waals surface area contributed by atoms with Crippen LogP contribution in [0.2, 0.25) is 10.0 Å². The number of carbonyl (C=O) groups is 2. The van der Waals surface area contributed by atoms with Crippen LogP contribution in [0.3, 0.4) is 0 Å². The van der Waals surface area contributed by atoms with Gasteiger partial charge in [0.05, 0.1) is 6.54 Å². The molecule has 0 saturated carbocycles. The van der Waals surface area contributed by atoms with Gasteiger partial charge in [-0.05, 0) is 17.7 Å². The van der Waals surface area contributed by atoms with E-state index in [9.17, 15) is 9.59 Å². The van der Waals surface area contributed by atoms with E-state index in [-0.39, 0.29) is 18.4 Å². The molecule has 0 spiro atoms. The number of amides is 2. The van der Waals surface area contributed by atoms with Gasteiger partial charge in [-0.25, -0.2) is 0 Å². The molecular weight excluding hydrogens is 301 g/mol. The molecule has 0 radical (unpaired) electrons. The van der Waals surface area contributed by atoms with Crippen molar-refractivity contribution in [3.8, 4) is 0 Å². The number of nitrogens with zero attached hydrogens (tertiary/aromatic N) is 1. The van der Waals surface area contributed by atoms with Crippen molar-refractivity contribution in [2.45, 2.75) is 12.6 Å². The van der Waals surface area contributed by atoms with E-state index in [2.05, 4.69) is 10.6 Å². The first kappa shape index (κ1) is 15.1. The lowest BCUT2D eigenvalue weighted by Gasteiger charge is -2.28. The third-order valence-electron chi connectivity index (χ3n) is 3.11. The second-order valence-corrected chi connectivity index (χ2v) is 5.51. The second kappa shape index (κ2) is 6.43. The van der Waals surface area contributed by atoms with Crippen molar-refractivity contribution >= 4 is 35.0 Å². The molecule has 20 heavy (non-hydrogen) atoms. The first-order valence-electron chi connectivity index (χ1n) is 6.16. The zero-order valence-electron chi connectivity index (χ0n) is 11.0. The summed E-state index contributed by atoms with van der Waals surface area (Å²) in [5.41, 5.74) is 0.826. The fraction of sp³-hybridized carbons (Fsp3) is 0.385. The molecule has 1 heterocycles. The average Bonchev–Trinajstić information content (AvgIpc) is 2.42. The summed E-state index contributed by atoms with van der Waals surface area (Å²) >= 11 is 11.9. The monoisotopic (exact) mass is 315 g/mol. The van der Waals surface area contributed by atoms with Crippen molar-refractivity contribution in [2.24, 2.45) is 0 Å². The fourth-order valence-corrected chi connectivity index (χ4v) is 2.46. The number of halogens is 2. The summed E-state index contributed by atoms with van der Waals surface area (Å²) in [5, 5.41) is 6.65. The summed E-state index contributed by atoms with van der Waals surface area (Å²) < 4.78 is 0. The van der Waals surface area contributed by atoms with Crippen LogP contribution in [-0.2, 0) is 16.1 Å². The molecule has 5 nitrogen and oxygen atoms in total. The molecule has 0 aliphatic carbocycles. The molecule has 1 aliphatic rings. The van der Waals surface area contributed by atoms with E-state index < -0.39 is 6.04 Å². The molecule has 1 fully saturated rings. The van der Waals surface area contributed by atoms with E-state index in [1.807, 2.05) is 0 Å². The van der Waals surface area contributed by atoms with E-state index in [4.69, 9.17) is 23.2 Å². The molecule has 1 aromatic rings. The number of rotatable bonds is 3. The minimum Gasteiger partial charge on any atom is -0.353 e. The Kier molecular flexibility index (Phi) is 4.86. The minimum absolute atomic E-state index is 0.0870. The smallest absolute Gasteiger partial charge is 0.241 e. The first-order valence-corrected chi connectivity index (χ1v) is 6.92. The lowest BCUT2D eigenvalue weighted by molar-refractivity contribution is -0.134. The van der Waals surface area contributed by atoms with Crippen molar-refractivity contribution in [3.63, 3.8) is 0 Å². The van der Waals surface area contributed by atoms with E-state index in [1.165, 1.54) is 0 Å². The number of benzene rings is 1. The third-order valence-corrected chi connectivity index (χ3v) is 3.70. The first-order chi connectivity index (χ1) is 9.47. The quantitative estimate of drug-likeness (QED) is 0.876. The maximum Gasteiger partial charge on any atom is 0.241 e. The van der Waals surface area contributed by atoms with Crippen molar-refractivity contribution in [1.82, 2.24) is 15.5 Å². The Morgan fingerprint density at radius 2 is 2.20 bits per heavy atom. The van der Waals surface area contributed by atoms with Crippen molar-refractivity contribution < 1.29 is 9.59 Å². The number of nitrogens with one attached hydrogen (secondary N) is 2. The topological polar surface area (TPSA) is 61.4 Å². The summed E-state index contributed by atoms with van der Waals surface area (Å²) in [6.45, 7) is 0.850. The lowest BCUT2D eigenvalue weighted by atomic mass is 10.1. The van der Waals surface area contributed by atoms with Crippen LogP contribution in [0.25, 0.3) is 0 Å². The maximum absolute atomic E-state index is 12.2. The van der Waals surface area contributed by atoms with E-state index >= 15 is 0 Å². The molecule has 1 saturated heterocycles. The number of piperazine rings is 1. The highest BCUT2D eigenvalue weighted by Gasteiger charge is 2.26. The van der Waals surface area contributed by atoms with Gasteiger partial charge in [0.25, 0.3) is 0 Å². The van der Waals surface area contributed by atoms with E-state index in [0.717, 1.165) is 5.56 Å². The van der Waals surface area contributed by atoms with Crippen molar-refractivity contribution in [1.29, 1.82) is 0 Å². The molecule has 2 N–H and O–H groups in total. The molecule has 0 bridgehead atoms. The second-order valence-electron chi connectivity index (χ2n) is 4.67. The molecule has 108 valence electrons. The summed E-state index contributed by atoms with van der Waals surface area (Å²) in [4.78, 5) is 24.8. The SMILES string of the molecule is CN(Cc1ccc(Cl)cc1Cl)C(=O)C1CNC(=O)CN1. The van der Waals surface area contributed by atoms with Crippen LogP contribution in [-0.4, -0.2) is 42.9 Å². The number of likely N-dealkylation sites (N-methyl/N-ethyl adjacent to an activating group) is 1. The van der Waals surface area contributed by atoms with Crippen LogP contribution in [0.1, 0.15) is 5.56 Å². The Bertz CT molecular complexity index is 526. The minimum atomic E-state index is -0.399. The van der Waals surface area contributed by atoms with Gasteiger partial charge < -0.3 is 10.2 Å². The predicted octanol–water partition coefficient (Wildman–Crippen LogP) is 1.04. The maximum atomic E-state index is 12.2. The Morgan fingerprint density at radius 1 is 1.45 bits per heavy atom. The van der Waals surface area contributed by atoms with Crippen LogP contribution in [0, 0.1) is 0 Å². The van der Waals surface area contributed by atoms with Gasteiger partial charge in [0.15, 0.2) is 0 Å². The highest BCUT2D eigenvalue weighted by Crippen LogP contribution is 2.22. The molecule has 1 atom stereocenters. The Balaban J connectivity index is 1.98. The zero-order chi connectivity index (χ0) is 14.7. The summed E-state index contributed by atoms with van der Waals surface area (Å²) in [6, 6.07) is 4.78. The summed E-state index contributed by atoms with van der Waals surface area (Å²) in [7, 11) is 1.70. The Hall–Kier alpha value is -1.30. The molecule has 1 aromatic carbocycles. The van der Waals surface area contributed by atoms with Gasteiger partial charge >= 0.3 is 0 Å². The summed E-state index contributed by atoms with van der Waals surface area (Å²) in [5.74, 6) is -0.187. The van der Waals surface area contributed by atoms with Crippen LogP contribution in [0.15, 0.2) is 18.2 Å². The largest absolute Gasteiger partial charge is 0.353 e. The van der Waals surface area contributed by atoms with Crippen molar-refractivity contribution in [3.05, 3.63) is 33.8 Å². The highest BCUT2D eigenvalue weighted by molar-refractivity contribution is 6.35. The highest BCUT2D eigenvalue weighted by atomic mass is 35.5. The van der Waals surface area contributed by atoms with E-state index in [0.29, 0.717) is 23.1 Å². The predicted molar refractivity (Wildman–Crippen MR) is 77.7 cm³/mol. The van der Waals surface area contributed by atoms with Gasteiger partial charge in [-0.2, -0.15) is 0 Å². The Labute approximate surface area is 127 Å². The number of hydrogen-bond acceptors (Lipinski definition) is 3. The molecule has 7 heteroatoms. The standard InChI is InChI=1S/C13H15Cl2N3O2/c1-18(7-8-2-3-9(14)4-10(8)15)13(20)11-5-17-12(19)6-16-11/h2-4,11,16H,5-7H2,1H3,(H,17,19). The van der Waals surface area contributed by atoms with Crippen LogP contribution >= 0.6 is 23.2 Å². The lowest BCUT2D eigenvalue weighted by Crippen LogP contribution is -2.58. The van der Waals surface area contributed by atoms with Gasteiger partial charge in [-0.3, -0.25) is 14.9 Å². The molecule has 1 unspecified atom stereocenters. The van der Waals surface area contributed by atoms with E-state index in [1.54, 1.807) is 30.1 Å². The van der Waals surface area contributed by atoms with Gasteiger partial charge in [0, 0.05) is 30.2 Å². The number of hydrogen-bond donors (Lipinski definition) is 2. The number of carbonyl (C=O) groups excluding carboxylic acids is 2. The summed E-state index contributed by atoms with van der Waals surface area (Å²) in [6.07, 6.45) is 0. The van der Waals surface area contributed by atoms with Gasteiger partial charge in [-0.1, -0.05) is 29.3 Å². The van der Waals surface area contributed by atoms with Crippen molar-refractivity contribution in [2.75, 3.05) is 20.1 Å². The van der Waals surface area contributed by atoms with Gasteiger partial charge in [0.1, 0.15) is 6.04 Å². The average molecular weight is 316 g/mol. The molecule has 2 amide bonds. The van der Waals surface area contributed by atoms with Gasteiger partial charge in [0.2, 0.25) is 11.8 Å². The molecule has 2 rings (SSSR count). The molecule has 1 aliphatic heterocycles. The van der Waals surface area contributed by atoms with Gasteiger partial charge in [-0.15, -0.1) is 0 Å². The van der Waals surface area contributed by atoms with Crippen LogP contribution in [0.4, 0.5) is 0 Å². The van der Waals surface area contributed by atoms with Crippen LogP contribution < -0.4 is 10.6 Å². The third kappa shape index (κ3) is 3.62.